The van der Waals surface area contributed by atoms with Gasteiger partial charge in [-0.15, -0.1) is 0 Å². The van der Waals surface area contributed by atoms with Crippen molar-refractivity contribution < 1.29 is 9.47 Å². The molecule has 2 heteroatoms. The molecule has 26 heavy (non-hydrogen) atoms. The lowest BCUT2D eigenvalue weighted by molar-refractivity contribution is -0.0218. The number of hydrogen-bond donors (Lipinski definition) is 0. The third kappa shape index (κ3) is 5.82. The predicted octanol–water partition coefficient (Wildman–Crippen LogP) is 6.28. The van der Waals surface area contributed by atoms with Crippen LogP contribution >= 0.6 is 0 Å². The highest BCUT2D eigenvalue weighted by Crippen LogP contribution is 2.34. The summed E-state index contributed by atoms with van der Waals surface area (Å²) >= 11 is 0. The highest BCUT2D eigenvalue weighted by molar-refractivity contribution is 5.26. The zero-order valence-corrected chi connectivity index (χ0v) is 16.9. The Morgan fingerprint density at radius 2 is 1.69 bits per heavy atom. The molecule has 1 saturated heterocycles. The van der Waals surface area contributed by atoms with Gasteiger partial charge in [0, 0.05) is 13.2 Å². The van der Waals surface area contributed by atoms with E-state index in [1.54, 1.807) is 0 Å². The van der Waals surface area contributed by atoms with Crippen molar-refractivity contribution in [2.24, 2.45) is 5.92 Å². The molecule has 146 valence electrons. The lowest BCUT2D eigenvalue weighted by atomic mass is 9.82. The molecule has 1 heterocycles. The smallest absolute Gasteiger partial charge is 0.0575 e. The zero-order valence-electron chi connectivity index (χ0n) is 16.9. The van der Waals surface area contributed by atoms with E-state index in [-0.39, 0.29) is 0 Å². The van der Waals surface area contributed by atoms with Crippen molar-refractivity contribution in [3.05, 3.63) is 35.4 Å². The average Bonchev–Trinajstić information content (AvgIpc) is 2.69. The van der Waals surface area contributed by atoms with Crippen LogP contribution in [0.4, 0.5) is 0 Å². The summed E-state index contributed by atoms with van der Waals surface area (Å²) in [6.07, 6.45) is 13.6. The highest BCUT2D eigenvalue weighted by atomic mass is 16.5. The number of rotatable bonds is 8. The van der Waals surface area contributed by atoms with E-state index in [1.807, 2.05) is 0 Å². The largest absolute Gasteiger partial charge is 0.379 e. The molecule has 0 spiro atoms. The Kier molecular flexibility index (Phi) is 8.01. The lowest BCUT2D eigenvalue weighted by Gasteiger charge is -2.29. The Hall–Kier alpha value is -0.860. The molecular formula is C24H38O2. The molecule has 0 radical (unpaired) electrons. The van der Waals surface area contributed by atoms with Gasteiger partial charge in [0.05, 0.1) is 12.2 Å². The van der Waals surface area contributed by atoms with Gasteiger partial charge in [0.25, 0.3) is 0 Å². The standard InChI is InChI=1S/C24H38O2/c1-3-5-23-15-10-20(18-26-23)7-6-19-8-11-21(12-9-19)22-13-16-24(17-14-22)25-4-2/h8-9,11-12,20,22-24H,3-7,10,13-18H2,1-2H3. The van der Waals surface area contributed by atoms with Crippen LogP contribution in [0, 0.1) is 5.92 Å². The van der Waals surface area contributed by atoms with Crippen LogP contribution in [0.15, 0.2) is 24.3 Å². The Morgan fingerprint density at radius 3 is 2.31 bits per heavy atom. The molecular weight excluding hydrogens is 320 g/mol. The van der Waals surface area contributed by atoms with Gasteiger partial charge < -0.3 is 9.47 Å². The Morgan fingerprint density at radius 1 is 0.923 bits per heavy atom. The van der Waals surface area contributed by atoms with Crippen molar-refractivity contribution in [2.75, 3.05) is 13.2 Å². The Labute approximate surface area is 160 Å². The van der Waals surface area contributed by atoms with E-state index >= 15 is 0 Å². The van der Waals surface area contributed by atoms with Crippen molar-refractivity contribution in [2.45, 2.75) is 96.2 Å². The van der Waals surface area contributed by atoms with Crippen LogP contribution in [0.3, 0.4) is 0 Å². The van der Waals surface area contributed by atoms with E-state index in [4.69, 9.17) is 9.47 Å². The summed E-state index contributed by atoms with van der Waals surface area (Å²) < 4.78 is 11.8. The number of hydrogen-bond acceptors (Lipinski definition) is 2. The minimum atomic E-state index is 0.505. The molecule has 2 unspecified atom stereocenters. The molecule has 2 aliphatic rings. The van der Waals surface area contributed by atoms with Crippen LogP contribution in [0.2, 0.25) is 0 Å². The fourth-order valence-electron chi connectivity index (χ4n) is 4.76. The van der Waals surface area contributed by atoms with Crippen LogP contribution < -0.4 is 0 Å². The molecule has 1 aromatic rings. The van der Waals surface area contributed by atoms with Crippen molar-refractivity contribution in [3.63, 3.8) is 0 Å². The van der Waals surface area contributed by atoms with Crippen molar-refractivity contribution in [1.82, 2.24) is 0 Å². The number of ether oxygens (including phenoxy) is 2. The maximum atomic E-state index is 6.03. The summed E-state index contributed by atoms with van der Waals surface area (Å²) in [5, 5.41) is 0. The van der Waals surface area contributed by atoms with E-state index in [0.717, 1.165) is 25.0 Å². The zero-order chi connectivity index (χ0) is 18.2. The van der Waals surface area contributed by atoms with Gasteiger partial charge in [-0.2, -0.15) is 0 Å². The molecule has 0 bridgehead atoms. The third-order valence-corrected chi connectivity index (χ3v) is 6.44. The molecule has 1 aliphatic carbocycles. The minimum Gasteiger partial charge on any atom is -0.379 e. The molecule has 3 rings (SSSR count). The van der Waals surface area contributed by atoms with Gasteiger partial charge in [-0.3, -0.25) is 0 Å². The van der Waals surface area contributed by atoms with Gasteiger partial charge >= 0.3 is 0 Å². The summed E-state index contributed by atoms with van der Waals surface area (Å²) in [5.74, 6) is 1.50. The number of aryl methyl sites for hydroxylation is 1. The van der Waals surface area contributed by atoms with Crippen LogP contribution in [-0.4, -0.2) is 25.4 Å². The third-order valence-electron chi connectivity index (χ3n) is 6.44. The molecule has 1 saturated carbocycles. The van der Waals surface area contributed by atoms with Gasteiger partial charge in [0.2, 0.25) is 0 Å². The van der Waals surface area contributed by atoms with Gasteiger partial charge in [0.15, 0.2) is 0 Å². The second-order valence-corrected chi connectivity index (χ2v) is 8.40. The van der Waals surface area contributed by atoms with Crippen LogP contribution in [0.25, 0.3) is 0 Å². The fraction of sp³-hybridized carbons (Fsp3) is 0.750. The molecule has 0 N–H and O–H groups in total. The second kappa shape index (κ2) is 10.5. The predicted molar refractivity (Wildman–Crippen MR) is 109 cm³/mol. The van der Waals surface area contributed by atoms with Crippen LogP contribution in [0.1, 0.15) is 88.7 Å². The summed E-state index contributed by atoms with van der Waals surface area (Å²) in [7, 11) is 0. The van der Waals surface area contributed by atoms with E-state index < -0.39 is 0 Å². The highest BCUT2D eigenvalue weighted by Gasteiger charge is 2.23. The molecule has 2 nitrogen and oxygen atoms in total. The van der Waals surface area contributed by atoms with Gasteiger partial charge in [-0.25, -0.2) is 0 Å². The lowest BCUT2D eigenvalue weighted by Crippen LogP contribution is -2.26. The summed E-state index contributed by atoms with van der Waals surface area (Å²) in [6.45, 7) is 6.19. The first-order valence-electron chi connectivity index (χ1n) is 11.1. The van der Waals surface area contributed by atoms with E-state index in [1.165, 1.54) is 75.3 Å². The fourth-order valence-corrected chi connectivity index (χ4v) is 4.76. The van der Waals surface area contributed by atoms with Crippen LogP contribution in [0.5, 0.6) is 0 Å². The summed E-state index contributed by atoms with van der Waals surface area (Å²) in [6, 6.07) is 9.51. The first-order chi connectivity index (χ1) is 12.8. The minimum absolute atomic E-state index is 0.505. The molecule has 1 aliphatic heterocycles. The van der Waals surface area contributed by atoms with Crippen molar-refractivity contribution >= 4 is 0 Å². The average molecular weight is 359 g/mol. The van der Waals surface area contributed by atoms with E-state index in [2.05, 4.69) is 38.1 Å². The maximum Gasteiger partial charge on any atom is 0.0575 e. The SMILES string of the molecule is CCCC1CCC(CCc2ccc(C3CCC(OCC)CC3)cc2)CO1. The van der Waals surface area contributed by atoms with Gasteiger partial charge in [0.1, 0.15) is 0 Å². The molecule has 1 aromatic carbocycles. The molecule has 2 fully saturated rings. The second-order valence-electron chi connectivity index (χ2n) is 8.40. The maximum absolute atomic E-state index is 6.03. The van der Waals surface area contributed by atoms with Crippen LogP contribution in [-0.2, 0) is 15.9 Å². The normalized spacial score (nSPS) is 29.6. The topological polar surface area (TPSA) is 18.5 Å². The van der Waals surface area contributed by atoms with Gasteiger partial charge in [-0.05, 0) is 87.7 Å². The molecule has 0 amide bonds. The summed E-state index contributed by atoms with van der Waals surface area (Å²) in [5.41, 5.74) is 3.03. The Bertz CT molecular complexity index is 493. The van der Waals surface area contributed by atoms with E-state index in [9.17, 15) is 0 Å². The van der Waals surface area contributed by atoms with Crippen molar-refractivity contribution in [1.29, 1.82) is 0 Å². The Balaban J connectivity index is 1.40. The number of benzene rings is 1. The van der Waals surface area contributed by atoms with E-state index in [0.29, 0.717) is 12.2 Å². The first kappa shape index (κ1) is 19.9. The van der Waals surface area contributed by atoms with Gasteiger partial charge in [-0.1, -0.05) is 37.6 Å². The monoisotopic (exact) mass is 358 g/mol. The first-order valence-corrected chi connectivity index (χ1v) is 11.1. The summed E-state index contributed by atoms with van der Waals surface area (Å²) in [4.78, 5) is 0. The van der Waals surface area contributed by atoms with Crippen molar-refractivity contribution in [3.8, 4) is 0 Å². The molecule has 0 aromatic heterocycles. The quantitative estimate of drug-likeness (QED) is 0.544. The molecule has 2 atom stereocenters.